The number of ether oxygens (including phenoxy) is 1. The summed E-state index contributed by atoms with van der Waals surface area (Å²) >= 11 is 0. The zero-order valence-electron chi connectivity index (χ0n) is 16.1. The number of rotatable bonds is 7. The predicted octanol–water partition coefficient (Wildman–Crippen LogP) is 3.46. The van der Waals surface area contributed by atoms with Gasteiger partial charge in [0.05, 0.1) is 5.56 Å². The van der Waals surface area contributed by atoms with Crippen molar-refractivity contribution in [2.24, 2.45) is 5.92 Å². The molecule has 0 unspecified atom stereocenters. The zero-order valence-corrected chi connectivity index (χ0v) is 16.1. The standard InChI is InChI=1S/C22H21NO6/c1-13(2)11-23-20(24)18-9-14-7-8-16(10-19(14)29-22(18)27)28-12-15-5-3-4-6-17(15)21(25)26/h3-10,13H,11-12H2,1-2H3,(H,23,24)(H,25,26). The summed E-state index contributed by atoms with van der Waals surface area (Å²) in [6, 6.07) is 12.9. The second-order valence-electron chi connectivity index (χ2n) is 7.00. The Morgan fingerprint density at radius 1 is 1.10 bits per heavy atom. The molecule has 3 aromatic rings. The molecule has 3 rings (SSSR count). The van der Waals surface area contributed by atoms with Gasteiger partial charge in [-0.15, -0.1) is 0 Å². The van der Waals surface area contributed by atoms with E-state index in [4.69, 9.17) is 9.15 Å². The Hall–Kier alpha value is -3.61. The van der Waals surface area contributed by atoms with Crippen molar-refractivity contribution in [3.63, 3.8) is 0 Å². The van der Waals surface area contributed by atoms with Crippen LogP contribution >= 0.6 is 0 Å². The number of carbonyl (C=O) groups is 2. The molecule has 2 aromatic carbocycles. The summed E-state index contributed by atoms with van der Waals surface area (Å²) < 4.78 is 11.0. The summed E-state index contributed by atoms with van der Waals surface area (Å²) in [4.78, 5) is 35.7. The van der Waals surface area contributed by atoms with E-state index >= 15 is 0 Å². The quantitative estimate of drug-likeness (QED) is 0.594. The minimum Gasteiger partial charge on any atom is -0.489 e. The van der Waals surface area contributed by atoms with Gasteiger partial charge < -0.3 is 19.6 Å². The van der Waals surface area contributed by atoms with E-state index in [0.29, 0.717) is 23.2 Å². The highest BCUT2D eigenvalue weighted by Crippen LogP contribution is 2.22. The van der Waals surface area contributed by atoms with E-state index in [1.807, 2.05) is 13.8 Å². The summed E-state index contributed by atoms with van der Waals surface area (Å²) in [5.41, 5.74) is 0.185. The Morgan fingerprint density at radius 2 is 1.86 bits per heavy atom. The van der Waals surface area contributed by atoms with Crippen molar-refractivity contribution in [1.82, 2.24) is 5.32 Å². The predicted molar refractivity (Wildman–Crippen MR) is 107 cm³/mol. The summed E-state index contributed by atoms with van der Waals surface area (Å²) in [5.74, 6) is -0.827. The maximum absolute atomic E-state index is 12.2. The molecular weight excluding hydrogens is 374 g/mol. The molecule has 150 valence electrons. The van der Waals surface area contributed by atoms with Crippen LogP contribution < -0.4 is 15.7 Å². The van der Waals surface area contributed by atoms with Crippen LogP contribution in [0.2, 0.25) is 0 Å². The lowest BCUT2D eigenvalue weighted by Crippen LogP contribution is -2.31. The van der Waals surface area contributed by atoms with E-state index in [1.54, 1.807) is 30.3 Å². The number of carboxylic acid groups (broad SMARTS) is 1. The first-order valence-corrected chi connectivity index (χ1v) is 9.15. The molecule has 0 spiro atoms. The highest BCUT2D eigenvalue weighted by Gasteiger charge is 2.15. The van der Waals surface area contributed by atoms with Crippen LogP contribution in [0.3, 0.4) is 0 Å². The van der Waals surface area contributed by atoms with Crippen molar-refractivity contribution >= 4 is 22.8 Å². The summed E-state index contributed by atoms with van der Waals surface area (Å²) in [6.07, 6.45) is 0. The molecule has 0 atom stereocenters. The van der Waals surface area contributed by atoms with Gasteiger partial charge in [0.25, 0.3) is 5.91 Å². The third kappa shape index (κ3) is 4.82. The SMILES string of the molecule is CC(C)CNC(=O)c1cc2ccc(OCc3ccccc3C(=O)O)cc2oc1=O. The Labute approximate surface area is 166 Å². The molecule has 1 amide bonds. The largest absolute Gasteiger partial charge is 0.489 e. The van der Waals surface area contributed by atoms with Crippen LogP contribution in [0.15, 0.2) is 57.7 Å². The lowest BCUT2D eigenvalue weighted by atomic mass is 10.1. The molecule has 0 radical (unpaired) electrons. The minimum absolute atomic E-state index is 0.0495. The number of amides is 1. The fourth-order valence-corrected chi connectivity index (χ4v) is 2.75. The number of aromatic carboxylic acids is 1. The number of hydrogen-bond acceptors (Lipinski definition) is 5. The topological polar surface area (TPSA) is 106 Å². The average Bonchev–Trinajstić information content (AvgIpc) is 2.69. The molecule has 7 nitrogen and oxygen atoms in total. The van der Waals surface area contributed by atoms with E-state index in [2.05, 4.69) is 5.32 Å². The number of carbonyl (C=O) groups excluding carboxylic acids is 1. The maximum Gasteiger partial charge on any atom is 0.349 e. The molecule has 0 aliphatic heterocycles. The third-order valence-corrected chi connectivity index (χ3v) is 4.27. The van der Waals surface area contributed by atoms with Crippen molar-refractivity contribution in [3.8, 4) is 5.75 Å². The van der Waals surface area contributed by atoms with Crippen LogP contribution in [-0.4, -0.2) is 23.5 Å². The van der Waals surface area contributed by atoms with E-state index in [9.17, 15) is 19.5 Å². The highest BCUT2D eigenvalue weighted by molar-refractivity contribution is 5.96. The number of hydrogen-bond donors (Lipinski definition) is 2. The van der Waals surface area contributed by atoms with E-state index in [1.165, 1.54) is 18.2 Å². The Balaban J connectivity index is 1.81. The van der Waals surface area contributed by atoms with Crippen molar-refractivity contribution in [2.45, 2.75) is 20.5 Å². The number of carboxylic acids is 1. The van der Waals surface area contributed by atoms with Crippen LogP contribution in [0.1, 0.15) is 40.1 Å². The van der Waals surface area contributed by atoms with Gasteiger partial charge in [0, 0.05) is 23.6 Å². The first-order chi connectivity index (χ1) is 13.8. The molecule has 0 fully saturated rings. The molecule has 0 bridgehead atoms. The van der Waals surface area contributed by atoms with Gasteiger partial charge in [0.15, 0.2) is 0 Å². The summed E-state index contributed by atoms with van der Waals surface area (Å²) in [7, 11) is 0. The van der Waals surface area contributed by atoms with Crippen LogP contribution in [0.5, 0.6) is 5.75 Å². The van der Waals surface area contributed by atoms with Crippen LogP contribution in [0, 0.1) is 5.92 Å². The molecule has 0 saturated carbocycles. The van der Waals surface area contributed by atoms with Gasteiger partial charge in [-0.3, -0.25) is 4.79 Å². The van der Waals surface area contributed by atoms with Crippen LogP contribution in [0.25, 0.3) is 11.0 Å². The molecule has 0 aliphatic rings. The molecule has 1 aromatic heterocycles. The molecule has 7 heteroatoms. The van der Waals surface area contributed by atoms with Crippen molar-refractivity contribution in [2.75, 3.05) is 6.54 Å². The van der Waals surface area contributed by atoms with E-state index in [0.717, 1.165) is 0 Å². The van der Waals surface area contributed by atoms with Gasteiger partial charge in [0.1, 0.15) is 23.5 Å². The number of nitrogens with one attached hydrogen (secondary N) is 1. The van der Waals surface area contributed by atoms with E-state index < -0.39 is 17.5 Å². The smallest absolute Gasteiger partial charge is 0.349 e. The molecule has 0 aliphatic carbocycles. The van der Waals surface area contributed by atoms with Crippen molar-refractivity contribution in [1.29, 1.82) is 0 Å². The van der Waals surface area contributed by atoms with E-state index in [-0.39, 0.29) is 29.2 Å². The first-order valence-electron chi connectivity index (χ1n) is 9.15. The number of fused-ring (bicyclic) bond motifs is 1. The summed E-state index contributed by atoms with van der Waals surface area (Å²) in [5, 5.41) is 12.5. The van der Waals surface area contributed by atoms with Gasteiger partial charge in [0.2, 0.25) is 0 Å². The lowest BCUT2D eigenvalue weighted by Gasteiger charge is -2.10. The number of benzene rings is 2. The van der Waals surface area contributed by atoms with Crippen LogP contribution in [-0.2, 0) is 6.61 Å². The van der Waals surface area contributed by atoms with Gasteiger partial charge in [-0.1, -0.05) is 32.0 Å². The molecule has 0 saturated heterocycles. The Morgan fingerprint density at radius 3 is 2.59 bits per heavy atom. The fraction of sp³-hybridized carbons (Fsp3) is 0.227. The highest BCUT2D eigenvalue weighted by atomic mass is 16.5. The molecule has 29 heavy (non-hydrogen) atoms. The molecule has 1 heterocycles. The average molecular weight is 395 g/mol. The lowest BCUT2D eigenvalue weighted by molar-refractivity contribution is 0.0693. The molecular formula is C22H21NO6. The first kappa shape index (κ1) is 20.1. The van der Waals surface area contributed by atoms with Crippen molar-refractivity contribution in [3.05, 3.63) is 75.6 Å². The summed E-state index contributed by atoms with van der Waals surface area (Å²) in [6.45, 7) is 4.42. The van der Waals surface area contributed by atoms with Crippen LogP contribution in [0.4, 0.5) is 0 Å². The zero-order chi connectivity index (χ0) is 21.0. The third-order valence-electron chi connectivity index (χ3n) is 4.27. The van der Waals surface area contributed by atoms with Gasteiger partial charge in [-0.2, -0.15) is 0 Å². The van der Waals surface area contributed by atoms with Gasteiger partial charge >= 0.3 is 11.6 Å². The van der Waals surface area contributed by atoms with Gasteiger partial charge in [-0.25, -0.2) is 9.59 Å². The Kier molecular flexibility index (Phi) is 5.97. The maximum atomic E-state index is 12.2. The second-order valence-corrected chi connectivity index (χ2v) is 7.00. The van der Waals surface area contributed by atoms with Gasteiger partial charge in [-0.05, 0) is 30.2 Å². The molecule has 2 N–H and O–H groups in total. The van der Waals surface area contributed by atoms with Crippen molar-refractivity contribution < 1.29 is 23.8 Å². The fourth-order valence-electron chi connectivity index (χ4n) is 2.75. The monoisotopic (exact) mass is 395 g/mol. The second kappa shape index (κ2) is 8.60. The normalized spacial score (nSPS) is 10.9. The Bertz CT molecular complexity index is 1120. The minimum atomic E-state index is -1.03.